The number of aryl methyl sites for hydroxylation is 1. The van der Waals surface area contributed by atoms with Gasteiger partial charge in [0.05, 0.1) is 5.54 Å². The highest BCUT2D eigenvalue weighted by Crippen LogP contribution is 2.51. The molecule has 1 aliphatic carbocycles. The minimum Gasteiger partial charge on any atom is -0.375 e. The normalized spacial score (nSPS) is 21.1. The van der Waals surface area contributed by atoms with Gasteiger partial charge in [-0.3, -0.25) is 0 Å². The number of para-hydroxylation sites is 1. The summed E-state index contributed by atoms with van der Waals surface area (Å²) in [4.78, 5) is 0. The minimum atomic E-state index is -0.177. The third kappa shape index (κ3) is 3.46. The lowest BCUT2D eigenvalue weighted by Gasteiger charge is -2.35. The molecule has 1 nitrogen and oxygen atoms in total. The maximum atomic E-state index is 4.51. The van der Waals surface area contributed by atoms with E-state index in [-0.39, 0.29) is 5.54 Å². The molecule has 1 aliphatic rings. The number of fused-ring (bicyclic) bond motifs is 1. The van der Waals surface area contributed by atoms with Crippen molar-refractivity contribution < 1.29 is 0 Å². The van der Waals surface area contributed by atoms with E-state index in [4.69, 9.17) is 0 Å². The van der Waals surface area contributed by atoms with Crippen LogP contribution < -0.4 is 5.32 Å². The van der Waals surface area contributed by atoms with Crippen molar-refractivity contribution in [2.45, 2.75) is 25.3 Å². The molecule has 0 bridgehead atoms. The highest BCUT2D eigenvalue weighted by Gasteiger charge is 2.45. The average molecular weight is 418 g/mol. The lowest BCUT2D eigenvalue weighted by molar-refractivity contribution is 0.404. The summed E-state index contributed by atoms with van der Waals surface area (Å²) >= 11 is 3.63. The molecule has 0 aromatic heterocycles. The predicted octanol–water partition coefficient (Wildman–Crippen LogP) is 7.05. The van der Waals surface area contributed by atoms with Crippen molar-refractivity contribution in [1.29, 1.82) is 0 Å². The van der Waals surface area contributed by atoms with E-state index in [1.54, 1.807) is 0 Å². The maximum Gasteiger partial charge on any atom is 0.0671 e. The van der Waals surface area contributed by atoms with E-state index in [1.165, 1.54) is 22.3 Å². The first-order valence-corrected chi connectivity index (χ1v) is 10.2. The van der Waals surface area contributed by atoms with Crippen LogP contribution in [0.25, 0.3) is 5.57 Å². The smallest absolute Gasteiger partial charge is 0.0671 e. The number of nitrogens with one attached hydrogen (secondary N) is 1. The van der Waals surface area contributed by atoms with Gasteiger partial charge in [0.25, 0.3) is 0 Å². The molecule has 2 atom stereocenters. The van der Waals surface area contributed by atoms with Crippen molar-refractivity contribution in [3.63, 3.8) is 0 Å². The summed E-state index contributed by atoms with van der Waals surface area (Å²) in [6, 6.07) is 27.8. The van der Waals surface area contributed by atoms with Crippen LogP contribution >= 0.6 is 15.9 Å². The Balaban J connectivity index is 1.70. The summed E-state index contributed by atoms with van der Waals surface area (Å²) in [5.74, 6) is 0.335. The quantitative estimate of drug-likeness (QED) is 0.468. The van der Waals surface area contributed by atoms with E-state index in [0.29, 0.717) is 5.92 Å². The number of halogens is 1. The highest BCUT2D eigenvalue weighted by atomic mass is 79.9. The molecule has 136 valence electrons. The first-order valence-electron chi connectivity index (χ1n) is 9.44. The molecule has 0 unspecified atom stereocenters. The van der Waals surface area contributed by atoms with Gasteiger partial charge >= 0.3 is 0 Å². The molecule has 0 radical (unpaired) electrons. The van der Waals surface area contributed by atoms with Crippen LogP contribution in [0.3, 0.4) is 0 Å². The topological polar surface area (TPSA) is 12.0 Å². The van der Waals surface area contributed by atoms with Crippen LogP contribution in [-0.4, -0.2) is 0 Å². The molecule has 3 aromatic rings. The van der Waals surface area contributed by atoms with Gasteiger partial charge in [-0.2, -0.15) is 0 Å². The summed E-state index contributed by atoms with van der Waals surface area (Å²) in [6.07, 6.45) is 2.11. The molecule has 0 spiro atoms. The van der Waals surface area contributed by atoms with Gasteiger partial charge in [0, 0.05) is 16.1 Å². The molecule has 0 saturated heterocycles. The molecular weight excluding hydrogens is 394 g/mol. The largest absolute Gasteiger partial charge is 0.375 e. The Hall–Kier alpha value is -2.32. The third-order valence-corrected chi connectivity index (χ3v) is 6.24. The molecule has 2 heteroatoms. The first-order chi connectivity index (χ1) is 13.1. The van der Waals surface area contributed by atoms with Gasteiger partial charge in [0.15, 0.2) is 0 Å². The van der Waals surface area contributed by atoms with Gasteiger partial charge in [0.2, 0.25) is 0 Å². The molecule has 0 heterocycles. The van der Waals surface area contributed by atoms with Crippen molar-refractivity contribution in [2.75, 3.05) is 5.32 Å². The zero-order chi connectivity index (χ0) is 18.9. The fourth-order valence-corrected chi connectivity index (χ4v) is 4.71. The molecule has 0 aliphatic heterocycles. The summed E-state index contributed by atoms with van der Waals surface area (Å²) in [6.45, 7) is 6.83. The van der Waals surface area contributed by atoms with Crippen LogP contribution in [0, 0.1) is 5.92 Å². The summed E-state index contributed by atoms with van der Waals surface area (Å²) in [5.41, 5.74) is 6.18. The summed E-state index contributed by atoms with van der Waals surface area (Å²) in [7, 11) is 0. The van der Waals surface area contributed by atoms with E-state index in [0.717, 1.165) is 23.0 Å². The van der Waals surface area contributed by atoms with Crippen LogP contribution in [-0.2, 0) is 12.0 Å². The van der Waals surface area contributed by atoms with Crippen LogP contribution in [0.15, 0.2) is 89.9 Å². The van der Waals surface area contributed by atoms with Gasteiger partial charge < -0.3 is 5.32 Å². The molecule has 1 N–H and O–H groups in total. The fraction of sp³-hybridized carbons (Fsp3) is 0.200. The van der Waals surface area contributed by atoms with Crippen LogP contribution in [0.4, 0.5) is 5.69 Å². The zero-order valence-electron chi connectivity index (χ0n) is 15.6. The Kier molecular flexibility index (Phi) is 4.92. The zero-order valence-corrected chi connectivity index (χ0v) is 17.2. The van der Waals surface area contributed by atoms with E-state index in [1.807, 2.05) is 0 Å². The van der Waals surface area contributed by atoms with Gasteiger partial charge in [-0.15, -0.1) is 0 Å². The lowest BCUT2D eigenvalue weighted by atomic mass is 9.80. The third-order valence-electron chi connectivity index (χ3n) is 5.75. The SMILES string of the molecule is C=C1c2cc(Br)ccc2[C@@](C)(Nc2ccccc2)[C@H]1CCc1ccccc1. The number of hydrogen-bond donors (Lipinski definition) is 1. The standard InChI is InChI=1S/C25H24BrN/c1-18-22-17-20(26)14-16-24(22)25(2,27-21-11-7-4-8-12-21)23(18)15-13-19-9-5-3-6-10-19/h3-12,14,16-17,23,27H,1,13,15H2,2H3/t23-,25-/m0/s1. The van der Waals surface area contributed by atoms with Crippen molar-refractivity contribution in [3.05, 3.63) is 107 Å². The van der Waals surface area contributed by atoms with Gasteiger partial charge in [-0.25, -0.2) is 0 Å². The van der Waals surface area contributed by atoms with Crippen LogP contribution in [0.2, 0.25) is 0 Å². The van der Waals surface area contributed by atoms with E-state index in [9.17, 15) is 0 Å². The van der Waals surface area contributed by atoms with Crippen molar-refractivity contribution in [3.8, 4) is 0 Å². The second-order valence-electron chi connectivity index (χ2n) is 7.49. The minimum absolute atomic E-state index is 0.177. The predicted molar refractivity (Wildman–Crippen MR) is 119 cm³/mol. The average Bonchev–Trinajstić information content (AvgIpc) is 2.88. The lowest BCUT2D eigenvalue weighted by Crippen LogP contribution is -2.36. The van der Waals surface area contributed by atoms with E-state index in [2.05, 4.69) is 114 Å². The van der Waals surface area contributed by atoms with Gasteiger partial charge in [-0.05, 0) is 66.3 Å². The summed E-state index contributed by atoms with van der Waals surface area (Å²) < 4.78 is 1.10. The summed E-state index contributed by atoms with van der Waals surface area (Å²) in [5, 5.41) is 3.83. The Labute approximate surface area is 170 Å². The van der Waals surface area contributed by atoms with E-state index < -0.39 is 0 Å². The van der Waals surface area contributed by atoms with Crippen molar-refractivity contribution in [1.82, 2.24) is 0 Å². The molecular formula is C25H24BrN. The molecule has 0 saturated carbocycles. The highest BCUT2D eigenvalue weighted by molar-refractivity contribution is 9.10. The number of anilines is 1. The second-order valence-corrected chi connectivity index (χ2v) is 8.40. The van der Waals surface area contributed by atoms with Gasteiger partial charge in [-0.1, -0.05) is 77.1 Å². The van der Waals surface area contributed by atoms with Crippen molar-refractivity contribution in [2.24, 2.45) is 5.92 Å². The Morgan fingerprint density at radius 3 is 2.33 bits per heavy atom. The van der Waals surface area contributed by atoms with Gasteiger partial charge in [0.1, 0.15) is 0 Å². The number of rotatable bonds is 5. The van der Waals surface area contributed by atoms with E-state index >= 15 is 0 Å². The Morgan fingerprint density at radius 1 is 0.963 bits per heavy atom. The molecule has 0 amide bonds. The Bertz CT molecular complexity index is 949. The maximum absolute atomic E-state index is 4.51. The number of benzene rings is 3. The monoisotopic (exact) mass is 417 g/mol. The number of hydrogen-bond acceptors (Lipinski definition) is 1. The first kappa shape index (κ1) is 18.1. The van der Waals surface area contributed by atoms with Crippen LogP contribution in [0.5, 0.6) is 0 Å². The molecule has 27 heavy (non-hydrogen) atoms. The molecule has 3 aromatic carbocycles. The Morgan fingerprint density at radius 2 is 1.63 bits per heavy atom. The van der Waals surface area contributed by atoms with Crippen molar-refractivity contribution >= 4 is 27.2 Å². The molecule has 0 fully saturated rings. The fourth-order valence-electron chi connectivity index (χ4n) is 4.35. The van der Waals surface area contributed by atoms with Crippen LogP contribution in [0.1, 0.15) is 30.0 Å². The second kappa shape index (κ2) is 7.36. The molecule has 4 rings (SSSR count).